The molecule has 0 N–H and O–H groups in total. The standard InChI is InChI=1S/C26H27N3O4/c1-4-27(3)26(32)28(5-2)25(31)20(19-30)18-23-16-17-24(33-23)29(21-12-8-6-9-13-21)22-14-10-7-11-15-22/h6-19H,4-5H2,1-3H3/b20-18-. The number of para-hydroxylation sites is 2. The number of amides is 3. The lowest BCUT2D eigenvalue weighted by atomic mass is 10.2. The van der Waals surface area contributed by atoms with E-state index in [1.807, 2.05) is 72.5 Å². The van der Waals surface area contributed by atoms with Gasteiger partial charge in [0.1, 0.15) is 5.76 Å². The first-order chi connectivity index (χ1) is 16.0. The average molecular weight is 446 g/mol. The van der Waals surface area contributed by atoms with Gasteiger partial charge < -0.3 is 9.32 Å². The molecule has 0 bridgehead atoms. The van der Waals surface area contributed by atoms with Crippen LogP contribution in [-0.2, 0) is 9.59 Å². The number of carbonyl (C=O) groups is 3. The van der Waals surface area contributed by atoms with Crippen molar-refractivity contribution in [3.8, 4) is 0 Å². The third-order valence-corrected chi connectivity index (χ3v) is 5.13. The van der Waals surface area contributed by atoms with Crippen LogP contribution in [0.1, 0.15) is 19.6 Å². The zero-order valence-corrected chi connectivity index (χ0v) is 19.0. The van der Waals surface area contributed by atoms with Gasteiger partial charge in [0.05, 0.1) is 5.57 Å². The van der Waals surface area contributed by atoms with Crippen molar-refractivity contribution in [3.05, 3.63) is 84.1 Å². The van der Waals surface area contributed by atoms with Gasteiger partial charge in [-0.3, -0.25) is 19.4 Å². The molecule has 7 heteroatoms. The summed E-state index contributed by atoms with van der Waals surface area (Å²) in [5, 5.41) is 0. The molecule has 0 atom stereocenters. The van der Waals surface area contributed by atoms with Crippen molar-refractivity contribution < 1.29 is 18.8 Å². The fourth-order valence-electron chi connectivity index (χ4n) is 3.26. The van der Waals surface area contributed by atoms with Crippen molar-refractivity contribution in [1.82, 2.24) is 9.80 Å². The summed E-state index contributed by atoms with van der Waals surface area (Å²) in [6.45, 7) is 4.08. The highest BCUT2D eigenvalue weighted by molar-refractivity contribution is 6.18. The van der Waals surface area contributed by atoms with Crippen LogP contribution in [0.25, 0.3) is 6.08 Å². The predicted molar refractivity (Wildman–Crippen MR) is 129 cm³/mol. The van der Waals surface area contributed by atoms with Crippen molar-refractivity contribution in [1.29, 1.82) is 0 Å². The lowest BCUT2D eigenvalue weighted by Gasteiger charge is -2.24. The van der Waals surface area contributed by atoms with Crippen LogP contribution in [0.15, 0.2) is 82.8 Å². The summed E-state index contributed by atoms with van der Waals surface area (Å²) < 4.78 is 6.00. The molecule has 3 rings (SSSR count). The summed E-state index contributed by atoms with van der Waals surface area (Å²) in [5.41, 5.74) is 1.62. The molecule has 0 aliphatic heterocycles. The van der Waals surface area contributed by atoms with Crippen molar-refractivity contribution in [2.24, 2.45) is 0 Å². The number of aldehydes is 1. The van der Waals surface area contributed by atoms with Crippen molar-refractivity contribution >= 4 is 41.6 Å². The molecule has 0 fully saturated rings. The Kier molecular flexibility index (Phi) is 7.81. The predicted octanol–water partition coefficient (Wildman–Crippen LogP) is 5.25. The summed E-state index contributed by atoms with van der Waals surface area (Å²) in [6, 6.07) is 22.4. The number of anilines is 3. The smallest absolute Gasteiger partial charge is 0.326 e. The van der Waals surface area contributed by atoms with E-state index in [1.165, 1.54) is 11.0 Å². The number of hydrogen-bond donors (Lipinski definition) is 0. The Morgan fingerprint density at radius 3 is 1.91 bits per heavy atom. The van der Waals surface area contributed by atoms with E-state index in [1.54, 1.807) is 26.1 Å². The van der Waals surface area contributed by atoms with Gasteiger partial charge in [-0.1, -0.05) is 36.4 Å². The van der Waals surface area contributed by atoms with Crippen LogP contribution in [0.4, 0.5) is 22.1 Å². The molecule has 1 heterocycles. The third kappa shape index (κ3) is 5.38. The molecule has 0 aliphatic rings. The van der Waals surface area contributed by atoms with Crippen LogP contribution in [-0.4, -0.2) is 48.2 Å². The number of imide groups is 1. The fraction of sp³-hybridized carbons (Fsp3) is 0.192. The van der Waals surface area contributed by atoms with E-state index in [-0.39, 0.29) is 12.1 Å². The Morgan fingerprint density at radius 2 is 1.42 bits per heavy atom. The maximum absolute atomic E-state index is 12.9. The van der Waals surface area contributed by atoms with Gasteiger partial charge in [-0.25, -0.2) is 4.79 Å². The molecule has 2 aromatic carbocycles. The summed E-state index contributed by atoms with van der Waals surface area (Å²) in [5.74, 6) is 0.175. The largest absolute Gasteiger partial charge is 0.440 e. The van der Waals surface area contributed by atoms with Crippen LogP contribution in [0, 0.1) is 0 Å². The highest BCUT2D eigenvalue weighted by Crippen LogP contribution is 2.35. The van der Waals surface area contributed by atoms with Gasteiger partial charge in [0, 0.05) is 37.6 Å². The number of nitrogens with zero attached hydrogens (tertiary/aromatic N) is 3. The second-order valence-corrected chi connectivity index (χ2v) is 7.25. The Hall–Kier alpha value is -4.13. The molecule has 0 saturated heterocycles. The first-order valence-corrected chi connectivity index (χ1v) is 10.7. The van der Waals surface area contributed by atoms with Gasteiger partial charge in [0.25, 0.3) is 5.91 Å². The maximum atomic E-state index is 12.9. The average Bonchev–Trinajstić information content (AvgIpc) is 3.31. The van der Waals surface area contributed by atoms with Crippen molar-refractivity contribution in [3.63, 3.8) is 0 Å². The number of urea groups is 1. The zero-order valence-electron chi connectivity index (χ0n) is 19.0. The zero-order chi connectivity index (χ0) is 23.8. The Bertz CT molecular complexity index is 1080. The topological polar surface area (TPSA) is 74.1 Å². The van der Waals surface area contributed by atoms with Crippen LogP contribution in [0.3, 0.4) is 0 Å². The first kappa shape index (κ1) is 23.5. The second-order valence-electron chi connectivity index (χ2n) is 7.25. The minimum atomic E-state index is -0.668. The van der Waals surface area contributed by atoms with E-state index in [0.29, 0.717) is 24.5 Å². The quantitative estimate of drug-likeness (QED) is 0.205. The number of hydrogen-bond acceptors (Lipinski definition) is 5. The Labute approximate surface area is 193 Å². The first-order valence-electron chi connectivity index (χ1n) is 10.7. The number of carbonyl (C=O) groups excluding carboxylic acids is 3. The van der Waals surface area contributed by atoms with Crippen LogP contribution >= 0.6 is 0 Å². The van der Waals surface area contributed by atoms with E-state index in [4.69, 9.17) is 4.42 Å². The van der Waals surface area contributed by atoms with E-state index in [0.717, 1.165) is 16.3 Å². The molecule has 33 heavy (non-hydrogen) atoms. The Morgan fingerprint density at radius 1 is 0.848 bits per heavy atom. The van der Waals surface area contributed by atoms with Crippen LogP contribution in [0.2, 0.25) is 0 Å². The normalized spacial score (nSPS) is 11.1. The number of benzene rings is 2. The maximum Gasteiger partial charge on any atom is 0.326 e. The molecule has 0 radical (unpaired) electrons. The summed E-state index contributed by atoms with van der Waals surface area (Å²) >= 11 is 0. The molecule has 0 saturated carbocycles. The molecule has 3 amide bonds. The van der Waals surface area contributed by atoms with Gasteiger partial charge in [-0.05, 0) is 50.3 Å². The van der Waals surface area contributed by atoms with E-state index in [2.05, 4.69) is 0 Å². The molecular formula is C26H27N3O4. The second kappa shape index (κ2) is 10.9. The van der Waals surface area contributed by atoms with Crippen molar-refractivity contribution in [2.75, 3.05) is 25.0 Å². The molecule has 0 aliphatic carbocycles. The van der Waals surface area contributed by atoms with Gasteiger partial charge in [0.15, 0.2) is 6.29 Å². The Balaban J connectivity index is 1.94. The molecular weight excluding hydrogens is 418 g/mol. The molecule has 170 valence electrons. The number of likely N-dealkylation sites (N-methyl/N-ethyl adjacent to an activating group) is 1. The lowest BCUT2D eigenvalue weighted by Crippen LogP contribution is -2.45. The highest BCUT2D eigenvalue weighted by atomic mass is 16.4. The molecule has 7 nitrogen and oxygen atoms in total. The monoisotopic (exact) mass is 445 g/mol. The highest BCUT2D eigenvalue weighted by Gasteiger charge is 2.25. The van der Waals surface area contributed by atoms with E-state index < -0.39 is 11.9 Å². The minimum absolute atomic E-state index is 0.145. The molecule has 1 aromatic heterocycles. The molecule has 3 aromatic rings. The lowest BCUT2D eigenvalue weighted by molar-refractivity contribution is -0.125. The van der Waals surface area contributed by atoms with Crippen LogP contribution in [0.5, 0.6) is 0 Å². The summed E-state index contributed by atoms with van der Waals surface area (Å²) in [7, 11) is 1.60. The van der Waals surface area contributed by atoms with Gasteiger partial charge >= 0.3 is 6.03 Å². The third-order valence-electron chi connectivity index (χ3n) is 5.13. The van der Waals surface area contributed by atoms with Crippen molar-refractivity contribution in [2.45, 2.75) is 13.8 Å². The molecule has 0 spiro atoms. The number of furan rings is 1. The van der Waals surface area contributed by atoms with Gasteiger partial charge in [-0.2, -0.15) is 0 Å². The number of rotatable bonds is 8. The molecule has 0 unspecified atom stereocenters. The van der Waals surface area contributed by atoms with Crippen LogP contribution < -0.4 is 4.90 Å². The fourth-order valence-corrected chi connectivity index (χ4v) is 3.26. The van der Waals surface area contributed by atoms with E-state index in [9.17, 15) is 14.4 Å². The summed E-state index contributed by atoms with van der Waals surface area (Å²) in [4.78, 5) is 41.5. The minimum Gasteiger partial charge on any atom is -0.440 e. The van der Waals surface area contributed by atoms with E-state index >= 15 is 0 Å². The van der Waals surface area contributed by atoms with Gasteiger partial charge in [0.2, 0.25) is 5.88 Å². The SMILES string of the molecule is CCN(C)C(=O)N(CC)C(=O)/C(C=O)=C\c1ccc(N(c2ccccc2)c2ccccc2)o1. The summed E-state index contributed by atoms with van der Waals surface area (Å²) in [6.07, 6.45) is 1.80. The van der Waals surface area contributed by atoms with Gasteiger partial charge in [-0.15, -0.1) is 0 Å².